The third kappa shape index (κ3) is 3.52. The van der Waals surface area contributed by atoms with Crippen LogP contribution in [0.2, 0.25) is 5.02 Å². The van der Waals surface area contributed by atoms with Crippen LogP contribution in [0.3, 0.4) is 0 Å². The second kappa shape index (κ2) is 6.54. The number of ether oxygens (including phenoxy) is 1. The molecule has 0 aliphatic carbocycles. The van der Waals surface area contributed by atoms with Gasteiger partial charge in [-0.2, -0.15) is 0 Å². The highest BCUT2D eigenvalue weighted by Crippen LogP contribution is 2.27. The fourth-order valence-corrected chi connectivity index (χ4v) is 2.10. The molecule has 6 heteroatoms. The van der Waals surface area contributed by atoms with Crippen molar-refractivity contribution in [2.24, 2.45) is 0 Å². The van der Waals surface area contributed by atoms with Crippen molar-refractivity contribution in [3.63, 3.8) is 0 Å². The van der Waals surface area contributed by atoms with Crippen LogP contribution in [-0.2, 0) is 0 Å². The Morgan fingerprint density at radius 3 is 2.61 bits per heavy atom. The van der Waals surface area contributed by atoms with Gasteiger partial charge >= 0.3 is 0 Å². The predicted molar refractivity (Wildman–Crippen MR) is 88.3 cm³/mol. The summed E-state index contributed by atoms with van der Waals surface area (Å²) >= 11 is 5.85. The van der Waals surface area contributed by atoms with Crippen LogP contribution in [0, 0.1) is 0 Å². The van der Waals surface area contributed by atoms with Crippen molar-refractivity contribution in [1.82, 2.24) is 10.2 Å². The first-order valence-electron chi connectivity index (χ1n) is 6.80. The number of hydrogen-bond acceptors (Lipinski definition) is 5. The standard InChI is InChI=1S/C17H13ClN2O3/c1-22-15-10-11(2-8-14(15)21)3-9-16-19-20-17(23-16)12-4-6-13(18)7-5-12/h2-10,21H,1H3/b9-3+. The van der Waals surface area contributed by atoms with Gasteiger partial charge in [-0.3, -0.25) is 0 Å². The molecule has 0 atom stereocenters. The van der Waals surface area contributed by atoms with Crippen LogP contribution in [0.5, 0.6) is 11.5 Å². The van der Waals surface area contributed by atoms with Crippen LogP contribution >= 0.6 is 11.6 Å². The number of nitrogens with zero attached hydrogens (tertiary/aromatic N) is 2. The molecule has 116 valence electrons. The van der Waals surface area contributed by atoms with E-state index < -0.39 is 0 Å². The molecule has 0 saturated carbocycles. The van der Waals surface area contributed by atoms with Crippen LogP contribution in [0.4, 0.5) is 0 Å². The molecule has 0 saturated heterocycles. The molecule has 0 aliphatic heterocycles. The van der Waals surface area contributed by atoms with Crippen LogP contribution in [0.25, 0.3) is 23.6 Å². The number of phenolic OH excluding ortho intramolecular Hbond substituents is 1. The number of hydrogen-bond donors (Lipinski definition) is 1. The van der Waals surface area contributed by atoms with E-state index in [1.807, 2.05) is 12.1 Å². The molecule has 3 rings (SSSR count). The third-order valence-corrected chi connectivity index (χ3v) is 3.41. The van der Waals surface area contributed by atoms with E-state index in [0.29, 0.717) is 22.6 Å². The summed E-state index contributed by atoms with van der Waals surface area (Å²) in [5, 5.41) is 18.2. The van der Waals surface area contributed by atoms with Gasteiger partial charge < -0.3 is 14.3 Å². The van der Waals surface area contributed by atoms with Crippen molar-refractivity contribution >= 4 is 23.8 Å². The highest BCUT2D eigenvalue weighted by atomic mass is 35.5. The van der Waals surface area contributed by atoms with E-state index in [-0.39, 0.29) is 5.75 Å². The Kier molecular flexibility index (Phi) is 4.30. The predicted octanol–water partition coefficient (Wildman–Crippen LogP) is 4.27. The number of phenols is 1. The Labute approximate surface area is 137 Å². The molecule has 23 heavy (non-hydrogen) atoms. The molecular formula is C17H13ClN2O3. The topological polar surface area (TPSA) is 68.4 Å². The maximum atomic E-state index is 9.57. The normalized spacial score (nSPS) is 11.0. The van der Waals surface area contributed by atoms with Crippen molar-refractivity contribution in [2.75, 3.05) is 7.11 Å². The van der Waals surface area contributed by atoms with Gasteiger partial charge in [0.2, 0.25) is 11.8 Å². The van der Waals surface area contributed by atoms with Crippen LogP contribution in [0.15, 0.2) is 46.9 Å². The highest BCUT2D eigenvalue weighted by Gasteiger charge is 2.06. The Morgan fingerprint density at radius 1 is 1.09 bits per heavy atom. The fraction of sp³-hybridized carbons (Fsp3) is 0.0588. The molecule has 0 fully saturated rings. The molecule has 2 aromatic carbocycles. The van der Waals surface area contributed by atoms with Crippen molar-refractivity contribution in [2.45, 2.75) is 0 Å². The summed E-state index contributed by atoms with van der Waals surface area (Å²) in [5.74, 6) is 1.29. The van der Waals surface area contributed by atoms with Gasteiger partial charge in [0.05, 0.1) is 7.11 Å². The number of benzene rings is 2. The SMILES string of the molecule is COc1cc(/C=C/c2nnc(-c3ccc(Cl)cc3)o2)ccc1O. The minimum atomic E-state index is 0.0902. The Morgan fingerprint density at radius 2 is 1.87 bits per heavy atom. The fourth-order valence-electron chi connectivity index (χ4n) is 1.98. The summed E-state index contributed by atoms with van der Waals surface area (Å²) in [6.07, 6.45) is 3.49. The average Bonchev–Trinajstić information content (AvgIpc) is 3.04. The Bertz CT molecular complexity index is 841. The minimum Gasteiger partial charge on any atom is -0.504 e. The molecule has 0 aliphatic rings. The monoisotopic (exact) mass is 328 g/mol. The van der Waals surface area contributed by atoms with Gasteiger partial charge in [0.1, 0.15) is 0 Å². The van der Waals surface area contributed by atoms with Crippen molar-refractivity contribution in [1.29, 1.82) is 0 Å². The maximum absolute atomic E-state index is 9.57. The molecule has 5 nitrogen and oxygen atoms in total. The van der Waals surface area contributed by atoms with Crippen molar-refractivity contribution < 1.29 is 14.3 Å². The molecule has 0 amide bonds. The summed E-state index contributed by atoms with van der Waals surface area (Å²) in [6.45, 7) is 0. The summed E-state index contributed by atoms with van der Waals surface area (Å²) in [6, 6.07) is 12.2. The summed E-state index contributed by atoms with van der Waals surface area (Å²) in [4.78, 5) is 0. The van der Waals surface area contributed by atoms with Gasteiger partial charge in [-0.15, -0.1) is 10.2 Å². The average molecular weight is 329 g/mol. The molecule has 3 aromatic rings. The summed E-state index contributed by atoms with van der Waals surface area (Å²) in [5.41, 5.74) is 1.64. The number of rotatable bonds is 4. The first-order valence-corrected chi connectivity index (χ1v) is 7.18. The number of methoxy groups -OCH3 is 1. The first-order chi connectivity index (χ1) is 11.2. The lowest BCUT2D eigenvalue weighted by atomic mass is 10.2. The van der Waals surface area contributed by atoms with E-state index in [0.717, 1.165) is 11.1 Å². The zero-order valence-corrected chi connectivity index (χ0v) is 13.0. The molecule has 1 aromatic heterocycles. The largest absolute Gasteiger partial charge is 0.504 e. The zero-order chi connectivity index (χ0) is 16.2. The van der Waals surface area contributed by atoms with Gasteiger partial charge in [0.25, 0.3) is 0 Å². The molecule has 1 heterocycles. The lowest BCUT2D eigenvalue weighted by Crippen LogP contribution is -1.84. The lowest BCUT2D eigenvalue weighted by molar-refractivity contribution is 0.373. The highest BCUT2D eigenvalue weighted by molar-refractivity contribution is 6.30. The summed E-state index contributed by atoms with van der Waals surface area (Å²) < 4.78 is 10.6. The quantitative estimate of drug-likeness (QED) is 0.774. The first kappa shape index (κ1) is 15.1. The van der Waals surface area contributed by atoms with E-state index in [1.54, 1.807) is 42.5 Å². The van der Waals surface area contributed by atoms with Gasteiger partial charge in [-0.05, 0) is 48.0 Å². The van der Waals surface area contributed by atoms with Gasteiger partial charge in [0.15, 0.2) is 11.5 Å². The minimum absolute atomic E-state index is 0.0902. The lowest BCUT2D eigenvalue weighted by Gasteiger charge is -2.03. The molecule has 0 bridgehead atoms. The van der Waals surface area contributed by atoms with Gasteiger partial charge in [-0.25, -0.2) is 0 Å². The Balaban J connectivity index is 1.80. The van der Waals surface area contributed by atoms with Gasteiger partial charge in [0, 0.05) is 16.7 Å². The van der Waals surface area contributed by atoms with Crippen LogP contribution in [0.1, 0.15) is 11.5 Å². The number of halogens is 1. The second-order valence-electron chi connectivity index (χ2n) is 4.72. The van der Waals surface area contributed by atoms with E-state index in [1.165, 1.54) is 7.11 Å². The maximum Gasteiger partial charge on any atom is 0.248 e. The van der Waals surface area contributed by atoms with E-state index in [4.69, 9.17) is 20.8 Å². The molecule has 1 N–H and O–H groups in total. The molecule has 0 radical (unpaired) electrons. The third-order valence-electron chi connectivity index (χ3n) is 3.15. The molecular weight excluding hydrogens is 316 g/mol. The van der Waals surface area contributed by atoms with Crippen LogP contribution < -0.4 is 4.74 Å². The summed E-state index contributed by atoms with van der Waals surface area (Å²) in [7, 11) is 1.50. The van der Waals surface area contributed by atoms with Crippen molar-refractivity contribution in [3.05, 3.63) is 58.9 Å². The van der Waals surface area contributed by atoms with Crippen molar-refractivity contribution in [3.8, 4) is 23.0 Å². The van der Waals surface area contributed by atoms with Gasteiger partial charge in [-0.1, -0.05) is 17.7 Å². The van der Waals surface area contributed by atoms with E-state index in [2.05, 4.69) is 10.2 Å². The molecule has 0 unspecified atom stereocenters. The second-order valence-corrected chi connectivity index (χ2v) is 5.15. The van der Waals surface area contributed by atoms with E-state index in [9.17, 15) is 5.11 Å². The number of aromatic nitrogens is 2. The van der Waals surface area contributed by atoms with Crippen LogP contribution in [-0.4, -0.2) is 22.4 Å². The molecule has 0 spiro atoms. The Hall–Kier alpha value is -2.79. The smallest absolute Gasteiger partial charge is 0.248 e. The van der Waals surface area contributed by atoms with E-state index >= 15 is 0 Å². The zero-order valence-electron chi connectivity index (χ0n) is 12.2. The number of aromatic hydroxyl groups is 1.